The number of aliphatic carboxylic acids is 1. The number of hydrogen-bond acceptors (Lipinski definition) is 2. The molecular weight excluding hydrogens is 307 g/mol. The first-order valence-electron chi connectivity index (χ1n) is 5.25. The molecule has 0 radical (unpaired) electrons. The minimum atomic E-state index is -1.47. The summed E-state index contributed by atoms with van der Waals surface area (Å²) >= 11 is 9.01. The summed E-state index contributed by atoms with van der Waals surface area (Å²) < 4.78 is 0. The molecule has 0 aliphatic heterocycles. The summed E-state index contributed by atoms with van der Waals surface area (Å²) in [6.07, 6.45) is -0.0464. The molecule has 3 nitrogen and oxygen atoms in total. The molecule has 1 unspecified atom stereocenters. The summed E-state index contributed by atoms with van der Waals surface area (Å²) in [6.45, 7) is 0. The molecule has 0 saturated heterocycles. The number of carbonyl (C=O) groups is 1. The van der Waals surface area contributed by atoms with Crippen LogP contribution in [0, 0.1) is 0 Å². The minimum absolute atomic E-state index is 0.458. The molecule has 1 aromatic rings. The fourth-order valence-electron chi connectivity index (χ4n) is 1.72. The Hall–Kier alpha value is -0.580. The Kier molecular flexibility index (Phi) is 5.95. The molecule has 0 aliphatic rings. The summed E-state index contributed by atoms with van der Waals surface area (Å²) in [5, 5.41) is 19.1. The van der Waals surface area contributed by atoms with Gasteiger partial charge in [0.1, 0.15) is 0 Å². The topological polar surface area (TPSA) is 57.5 Å². The number of rotatable bonds is 6. The van der Waals surface area contributed by atoms with E-state index in [1.807, 2.05) is 6.07 Å². The van der Waals surface area contributed by atoms with E-state index < -0.39 is 12.1 Å². The van der Waals surface area contributed by atoms with Crippen LogP contribution in [0.4, 0.5) is 0 Å². The lowest BCUT2D eigenvalue weighted by atomic mass is 9.94. The normalized spacial score (nSPS) is 12.4. The molecule has 94 valence electrons. The van der Waals surface area contributed by atoms with E-state index in [4.69, 9.17) is 16.7 Å². The summed E-state index contributed by atoms with van der Waals surface area (Å²) in [4.78, 5) is 10.8. The fraction of sp³-hybridized carbons (Fsp3) is 0.417. The Morgan fingerprint density at radius 3 is 2.71 bits per heavy atom. The van der Waals surface area contributed by atoms with E-state index in [2.05, 4.69) is 15.9 Å². The van der Waals surface area contributed by atoms with Crippen molar-refractivity contribution in [1.29, 1.82) is 0 Å². The molecular formula is C12H14BrClO3. The number of hydrogen-bond donors (Lipinski definition) is 2. The van der Waals surface area contributed by atoms with E-state index in [1.54, 1.807) is 12.1 Å². The summed E-state index contributed by atoms with van der Waals surface area (Å²) in [5.41, 5.74) is 2.33. The van der Waals surface area contributed by atoms with Gasteiger partial charge < -0.3 is 10.2 Å². The molecule has 0 heterocycles. The number of carboxylic acids is 1. The Bertz CT molecular complexity index is 395. The maximum Gasteiger partial charge on any atom is 0.337 e. The Morgan fingerprint density at radius 1 is 1.47 bits per heavy atom. The van der Waals surface area contributed by atoms with Crippen molar-refractivity contribution < 1.29 is 15.0 Å². The molecule has 1 rings (SSSR count). The van der Waals surface area contributed by atoms with Gasteiger partial charge in [-0.15, -0.1) is 11.6 Å². The number of aliphatic hydroxyl groups is 1. The van der Waals surface area contributed by atoms with Crippen LogP contribution in [0.5, 0.6) is 0 Å². The Balaban J connectivity index is 3.13. The minimum Gasteiger partial charge on any atom is -0.479 e. The van der Waals surface area contributed by atoms with Crippen molar-refractivity contribution in [2.75, 3.05) is 5.88 Å². The lowest BCUT2D eigenvalue weighted by Gasteiger charge is -2.15. The van der Waals surface area contributed by atoms with E-state index in [0.29, 0.717) is 23.2 Å². The van der Waals surface area contributed by atoms with E-state index in [1.165, 1.54) is 0 Å². The van der Waals surface area contributed by atoms with Crippen LogP contribution in [-0.4, -0.2) is 22.1 Å². The molecule has 0 bridgehead atoms. The van der Waals surface area contributed by atoms with Gasteiger partial charge in [0.15, 0.2) is 6.10 Å². The lowest BCUT2D eigenvalue weighted by Crippen LogP contribution is -2.14. The Morgan fingerprint density at radius 2 is 2.18 bits per heavy atom. The maximum absolute atomic E-state index is 10.8. The maximum atomic E-state index is 10.8. The molecule has 0 fully saturated rings. The second kappa shape index (κ2) is 6.99. The molecule has 1 atom stereocenters. The monoisotopic (exact) mass is 320 g/mol. The molecule has 0 aromatic heterocycles. The van der Waals surface area contributed by atoms with Gasteiger partial charge in [0.25, 0.3) is 0 Å². The average Bonchev–Trinajstić information content (AvgIpc) is 2.34. The number of benzene rings is 1. The summed E-state index contributed by atoms with van der Waals surface area (Å²) in [6, 6.07) is 5.31. The van der Waals surface area contributed by atoms with Crippen molar-refractivity contribution in [3.63, 3.8) is 0 Å². The SMILES string of the molecule is O=C(O)C(O)c1cccc(CBr)c1CCCCl. The highest BCUT2D eigenvalue weighted by atomic mass is 79.9. The third-order valence-corrected chi connectivity index (χ3v) is 3.41. The van der Waals surface area contributed by atoms with E-state index in [0.717, 1.165) is 17.5 Å². The van der Waals surface area contributed by atoms with Gasteiger partial charge in [0.2, 0.25) is 0 Å². The zero-order valence-electron chi connectivity index (χ0n) is 9.20. The molecule has 1 aromatic carbocycles. The van der Waals surface area contributed by atoms with Crippen LogP contribution < -0.4 is 0 Å². The highest BCUT2D eigenvalue weighted by Crippen LogP contribution is 2.25. The van der Waals surface area contributed by atoms with Crippen LogP contribution in [-0.2, 0) is 16.5 Å². The molecule has 2 N–H and O–H groups in total. The first kappa shape index (κ1) is 14.5. The van der Waals surface area contributed by atoms with E-state index >= 15 is 0 Å². The van der Waals surface area contributed by atoms with Crippen molar-refractivity contribution in [3.8, 4) is 0 Å². The molecule has 5 heteroatoms. The number of alkyl halides is 2. The number of aliphatic hydroxyl groups excluding tert-OH is 1. The second-order valence-electron chi connectivity index (χ2n) is 3.65. The largest absolute Gasteiger partial charge is 0.479 e. The quantitative estimate of drug-likeness (QED) is 0.792. The van der Waals surface area contributed by atoms with Gasteiger partial charge in [-0.1, -0.05) is 34.1 Å². The predicted octanol–water partition coefficient (Wildman–Crippen LogP) is 2.87. The van der Waals surface area contributed by atoms with Crippen LogP contribution in [0.1, 0.15) is 29.2 Å². The van der Waals surface area contributed by atoms with Crippen LogP contribution in [0.3, 0.4) is 0 Å². The zero-order valence-corrected chi connectivity index (χ0v) is 11.5. The summed E-state index contributed by atoms with van der Waals surface area (Å²) in [7, 11) is 0. The highest BCUT2D eigenvalue weighted by molar-refractivity contribution is 9.08. The van der Waals surface area contributed by atoms with Crippen molar-refractivity contribution in [1.82, 2.24) is 0 Å². The van der Waals surface area contributed by atoms with Crippen molar-refractivity contribution in [2.45, 2.75) is 24.3 Å². The van der Waals surface area contributed by atoms with Gasteiger partial charge in [-0.25, -0.2) is 4.79 Å². The first-order chi connectivity index (χ1) is 8.11. The van der Waals surface area contributed by atoms with Crippen molar-refractivity contribution in [3.05, 3.63) is 34.9 Å². The van der Waals surface area contributed by atoms with Gasteiger partial charge in [-0.2, -0.15) is 0 Å². The predicted molar refractivity (Wildman–Crippen MR) is 70.7 cm³/mol. The van der Waals surface area contributed by atoms with Crippen molar-refractivity contribution >= 4 is 33.5 Å². The van der Waals surface area contributed by atoms with Gasteiger partial charge in [-0.05, 0) is 29.5 Å². The molecule has 17 heavy (non-hydrogen) atoms. The van der Waals surface area contributed by atoms with Gasteiger partial charge in [-0.3, -0.25) is 0 Å². The molecule has 0 saturated carbocycles. The standard InChI is InChI=1S/C12H14BrClO3/c13-7-8-3-1-4-10(11(15)12(16)17)9(8)5-2-6-14/h1,3-4,11,15H,2,5-7H2,(H,16,17). The lowest BCUT2D eigenvalue weighted by molar-refractivity contribution is -0.147. The van der Waals surface area contributed by atoms with E-state index in [-0.39, 0.29) is 0 Å². The number of halogens is 2. The zero-order chi connectivity index (χ0) is 12.8. The third-order valence-electron chi connectivity index (χ3n) is 2.54. The van der Waals surface area contributed by atoms with Crippen LogP contribution in [0.15, 0.2) is 18.2 Å². The van der Waals surface area contributed by atoms with Crippen LogP contribution in [0.25, 0.3) is 0 Å². The van der Waals surface area contributed by atoms with Crippen LogP contribution in [0.2, 0.25) is 0 Å². The van der Waals surface area contributed by atoms with Gasteiger partial charge in [0, 0.05) is 11.2 Å². The molecule has 0 aliphatic carbocycles. The third kappa shape index (κ3) is 3.69. The molecule has 0 amide bonds. The van der Waals surface area contributed by atoms with E-state index in [9.17, 15) is 9.90 Å². The van der Waals surface area contributed by atoms with Crippen molar-refractivity contribution in [2.24, 2.45) is 0 Å². The molecule has 0 spiro atoms. The fourth-order valence-corrected chi connectivity index (χ4v) is 2.38. The smallest absolute Gasteiger partial charge is 0.337 e. The van der Waals surface area contributed by atoms with Gasteiger partial charge in [0.05, 0.1) is 0 Å². The first-order valence-corrected chi connectivity index (χ1v) is 6.90. The second-order valence-corrected chi connectivity index (χ2v) is 4.59. The average molecular weight is 322 g/mol. The Labute approximate surface area is 114 Å². The van der Waals surface area contributed by atoms with Crippen LogP contribution >= 0.6 is 27.5 Å². The summed E-state index contributed by atoms with van der Waals surface area (Å²) in [5.74, 6) is -0.719. The highest BCUT2D eigenvalue weighted by Gasteiger charge is 2.20. The van der Waals surface area contributed by atoms with Gasteiger partial charge >= 0.3 is 5.97 Å². The number of carboxylic acid groups (broad SMARTS) is 1.